The van der Waals surface area contributed by atoms with Crippen LogP contribution in [0.5, 0.6) is 0 Å². The van der Waals surface area contributed by atoms with E-state index in [1.165, 1.54) is 0 Å². The SMILES string of the molecule is C/C=C(C)/C=C(\C)[O]. The fraction of sp³-hybridized carbons (Fsp3) is 0.429. The van der Waals surface area contributed by atoms with E-state index in [4.69, 9.17) is 0 Å². The van der Waals surface area contributed by atoms with Crippen LogP contribution in [0.1, 0.15) is 20.8 Å². The highest BCUT2D eigenvalue weighted by Gasteiger charge is 1.82. The third-order valence-electron chi connectivity index (χ3n) is 0.886. The Bertz CT molecular complexity index is 116. The number of rotatable bonds is 1. The van der Waals surface area contributed by atoms with Crippen LogP contribution in [0.25, 0.3) is 0 Å². The van der Waals surface area contributed by atoms with Crippen molar-refractivity contribution in [2.45, 2.75) is 20.8 Å². The van der Waals surface area contributed by atoms with Gasteiger partial charge in [0.1, 0.15) is 0 Å². The molecule has 0 amide bonds. The number of hydrogen-bond donors (Lipinski definition) is 0. The van der Waals surface area contributed by atoms with Crippen LogP contribution >= 0.6 is 0 Å². The van der Waals surface area contributed by atoms with E-state index in [0.717, 1.165) is 5.57 Å². The van der Waals surface area contributed by atoms with Gasteiger partial charge in [0, 0.05) is 0 Å². The van der Waals surface area contributed by atoms with Gasteiger partial charge in [-0.1, -0.05) is 11.6 Å². The van der Waals surface area contributed by atoms with Gasteiger partial charge in [0.25, 0.3) is 0 Å². The van der Waals surface area contributed by atoms with Gasteiger partial charge in [-0.15, -0.1) is 0 Å². The standard InChI is InChI=1S/C7H11O/c1-4-6(2)5-7(3)8/h4-5H,1-3H3/b6-4+,7-5+. The first-order valence-electron chi connectivity index (χ1n) is 2.65. The smallest absolute Gasteiger partial charge is 0.152 e. The molecule has 0 atom stereocenters. The van der Waals surface area contributed by atoms with Gasteiger partial charge in [0.15, 0.2) is 5.76 Å². The van der Waals surface area contributed by atoms with Gasteiger partial charge in [0.2, 0.25) is 0 Å². The molecule has 0 aliphatic heterocycles. The van der Waals surface area contributed by atoms with Crippen molar-refractivity contribution in [2.24, 2.45) is 0 Å². The lowest BCUT2D eigenvalue weighted by atomic mass is 10.2. The quantitative estimate of drug-likeness (QED) is 0.365. The molecule has 1 heteroatoms. The highest BCUT2D eigenvalue weighted by atomic mass is 16.3. The van der Waals surface area contributed by atoms with E-state index in [1.807, 2.05) is 19.9 Å². The summed E-state index contributed by atoms with van der Waals surface area (Å²) in [4.78, 5) is 0. The van der Waals surface area contributed by atoms with E-state index in [-0.39, 0.29) is 5.76 Å². The average Bonchev–Trinajstić information content (AvgIpc) is 1.65. The summed E-state index contributed by atoms with van der Waals surface area (Å²) in [6.07, 6.45) is 3.52. The van der Waals surface area contributed by atoms with E-state index in [0.29, 0.717) is 0 Å². The van der Waals surface area contributed by atoms with Crippen LogP contribution in [0.4, 0.5) is 0 Å². The Hall–Kier alpha value is -0.720. The predicted octanol–water partition coefficient (Wildman–Crippen LogP) is 2.29. The monoisotopic (exact) mass is 111 g/mol. The first-order valence-corrected chi connectivity index (χ1v) is 2.65. The molecule has 0 aromatic rings. The Labute approximate surface area is 50.3 Å². The fourth-order valence-corrected chi connectivity index (χ4v) is 0.404. The van der Waals surface area contributed by atoms with Crippen LogP contribution in [-0.4, -0.2) is 0 Å². The molecule has 0 aromatic carbocycles. The Morgan fingerprint density at radius 2 is 1.88 bits per heavy atom. The third-order valence-corrected chi connectivity index (χ3v) is 0.886. The lowest BCUT2D eigenvalue weighted by Crippen LogP contribution is -1.69. The molecule has 1 nitrogen and oxygen atoms in total. The van der Waals surface area contributed by atoms with Crippen LogP contribution in [0.2, 0.25) is 0 Å². The van der Waals surface area contributed by atoms with Crippen LogP contribution in [0, 0.1) is 0 Å². The third kappa shape index (κ3) is 3.47. The summed E-state index contributed by atoms with van der Waals surface area (Å²) >= 11 is 0. The van der Waals surface area contributed by atoms with Crippen molar-refractivity contribution in [3.63, 3.8) is 0 Å². The first-order chi connectivity index (χ1) is 3.66. The Balaban J connectivity index is 3.89. The van der Waals surface area contributed by atoms with Crippen molar-refractivity contribution in [3.8, 4) is 0 Å². The zero-order valence-electron chi connectivity index (χ0n) is 5.56. The lowest BCUT2D eigenvalue weighted by molar-refractivity contribution is 0.300. The van der Waals surface area contributed by atoms with Gasteiger partial charge in [-0.3, -0.25) is 5.11 Å². The average molecular weight is 111 g/mol. The van der Waals surface area contributed by atoms with Crippen LogP contribution in [0.3, 0.4) is 0 Å². The molecule has 0 rings (SSSR count). The maximum absolute atomic E-state index is 10.3. The minimum Gasteiger partial charge on any atom is -0.295 e. The molecule has 1 radical (unpaired) electrons. The lowest BCUT2D eigenvalue weighted by Gasteiger charge is -1.84. The Morgan fingerprint density at radius 1 is 1.38 bits per heavy atom. The second-order valence-electron chi connectivity index (χ2n) is 1.79. The number of hydrogen-bond acceptors (Lipinski definition) is 0. The summed E-state index contributed by atoms with van der Waals surface area (Å²) in [6.45, 7) is 5.36. The molecule has 45 valence electrons. The second kappa shape index (κ2) is 3.30. The van der Waals surface area contributed by atoms with E-state index >= 15 is 0 Å². The van der Waals surface area contributed by atoms with Crippen LogP contribution in [-0.2, 0) is 5.11 Å². The largest absolute Gasteiger partial charge is 0.295 e. The van der Waals surface area contributed by atoms with Crippen LogP contribution < -0.4 is 0 Å². The minimum absolute atomic E-state index is 0.112. The molecule has 0 spiro atoms. The van der Waals surface area contributed by atoms with Crippen molar-refractivity contribution in [1.82, 2.24) is 0 Å². The van der Waals surface area contributed by atoms with Gasteiger partial charge in [0.05, 0.1) is 0 Å². The van der Waals surface area contributed by atoms with Gasteiger partial charge in [-0.2, -0.15) is 0 Å². The maximum atomic E-state index is 10.3. The maximum Gasteiger partial charge on any atom is 0.152 e. The van der Waals surface area contributed by atoms with E-state index < -0.39 is 0 Å². The second-order valence-corrected chi connectivity index (χ2v) is 1.79. The normalized spacial score (nSPS) is 14.4. The first kappa shape index (κ1) is 7.28. The van der Waals surface area contributed by atoms with Crippen molar-refractivity contribution >= 4 is 0 Å². The van der Waals surface area contributed by atoms with E-state index in [9.17, 15) is 5.11 Å². The highest BCUT2D eigenvalue weighted by molar-refractivity contribution is 5.15. The molecular formula is C7H11O. The summed E-state index contributed by atoms with van der Waals surface area (Å²) in [5, 5.41) is 10.3. The molecule has 0 saturated heterocycles. The summed E-state index contributed by atoms with van der Waals surface area (Å²) < 4.78 is 0. The van der Waals surface area contributed by atoms with Crippen LogP contribution in [0.15, 0.2) is 23.5 Å². The van der Waals surface area contributed by atoms with Crippen molar-refractivity contribution in [1.29, 1.82) is 0 Å². The molecule has 0 heterocycles. The molecule has 0 unspecified atom stereocenters. The molecule has 0 aliphatic carbocycles. The molecular weight excluding hydrogens is 100 g/mol. The van der Waals surface area contributed by atoms with Crippen molar-refractivity contribution in [2.75, 3.05) is 0 Å². The predicted molar refractivity (Wildman–Crippen MR) is 33.9 cm³/mol. The fourth-order valence-electron chi connectivity index (χ4n) is 0.404. The van der Waals surface area contributed by atoms with Crippen molar-refractivity contribution in [3.05, 3.63) is 23.5 Å². The zero-order valence-corrected chi connectivity index (χ0v) is 5.56. The number of allylic oxidation sites excluding steroid dienone is 4. The zero-order chi connectivity index (χ0) is 6.57. The van der Waals surface area contributed by atoms with Gasteiger partial charge < -0.3 is 0 Å². The molecule has 8 heavy (non-hydrogen) atoms. The van der Waals surface area contributed by atoms with Crippen molar-refractivity contribution < 1.29 is 5.11 Å². The van der Waals surface area contributed by atoms with Gasteiger partial charge in [-0.05, 0) is 26.8 Å². The Morgan fingerprint density at radius 3 is 2.00 bits per heavy atom. The summed E-state index contributed by atoms with van der Waals surface area (Å²) in [6, 6.07) is 0. The topological polar surface area (TPSA) is 19.9 Å². The molecule has 0 N–H and O–H groups in total. The molecule has 0 aliphatic rings. The minimum atomic E-state index is 0.112. The molecule has 0 fully saturated rings. The molecule has 0 bridgehead atoms. The van der Waals surface area contributed by atoms with E-state index in [2.05, 4.69) is 0 Å². The van der Waals surface area contributed by atoms with E-state index in [1.54, 1.807) is 13.0 Å². The summed E-state index contributed by atoms with van der Waals surface area (Å²) in [5.41, 5.74) is 1.03. The molecule has 0 aromatic heterocycles. The van der Waals surface area contributed by atoms with Gasteiger partial charge in [-0.25, -0.2) is 0 Å². The Kier molecular flexibility index (Phi) is 3.01. The summed E-state index contributed by atoms with van der Waals surface area (Å²) in [7, 11) is 0. The highest BCUT2D eigenvalue weighted by Crippen LogP contribution is 1.97. The summed E-state index contributed by atoms with van der Waals surface area (Å²) in [5.74, 6) is 0.112. The molecule has 0 saturated carbocycles. The van der Waals surface area contributed by atoms with Gasteiger partial charge >= 0.3 is 0 Å².